The molecule has 5 heteroatoms. The Hall–Kier alpha value is -2.14. The molecule has 1 amide bonds. The van der Waals surface area contributed by atoms with Gasteiger partial charge in [-0.3, -0.25) is 9.48 Å². The molecule has 21 heavy (non-hydrogen) atoms. The first-order valence-corrected chi connectivity index (χ1v) is 7.13. The summed E-state index contributed by atoms with van der Waals surface area (Å²) in [6.45, 7) is 5.67. The van der Waals surface area contributed by atoms with E-state index >= 15 is 0 Å². The zero-order chi connectivity index (χ0) is 15.1. The van der Waals surface area contributed by atoms with E-state index < -0.39 is 0 Å². The number of aromatic nitrogens is 2. The fourth-order valence-electron chi connectivity index (χ4n) is 2.00. The molecule has 1 aromatic heterocycles. The van der Waals surface area contributed by atoms with Crippen molar-refractivity contribution >= 4 is 11.6 Å². The van der Waals surface area contributed by atoms with Crippen molar-refractivity contribution < 1.29 is 9.53 Å². The van der Waals surface area contributed by atoms with Gasteiger partial charge in [0.05, 0.1) is 12.8 Å². The maximum absolute atomic E-state index is 12.0. The number of para-hydroxylation sites is 1. The van der Waals surface area contributed by atoms with Crippen LogP contribution in [-0.2, 0) is 22.7 Å². The summed E-state index contributed by atoms with van der Waals surface area (Å²) in [7, 11) is 0. The van der Waals surface area contributed by atoms with Crippen LogP contribution in [0, 0.1) is 6.92 Å². The molecule has 2 aromatic rings. The monoisotopic (exact) mass is 287 g/mol. The molecule has 0 aliphatic heterocycles. The molecule has 1 heterocycles. The summed E-state index contributed by atoms with van der Waals surface area (Å²) in [5, 5.41) is 7.11. The van der Waals surface area contributed by atoms with Crippen LogP contribution >= 0.6 is 0 Å². The van der Waals surface area contributed by atoms with Gasteiger partial charge in [-0.05, 0) is 25.5 Å². The average molecular weight is 287 g/mol. The number of nitrogens with one attached hydrogen (secondary N) is 1. The van der Waals surface area contributed by atoms with Crippen LogP contribution in [0.5, 0.6) is 0 Å². The van der Waals surface area contributed by atoms with Gasteiger partial charge >= 0.3 is 0 Å². The van der Waals surface area contributed by atoms with E-state index in [1.54, 1.807) is 10.9 Å². The lowest BCUT2D eigenvalue weighted by molar-refractivity contribution is -0.116. The largest absolute Gasteiger partial charge is 0.377 e. The molecule has 0 spiro atoms. The topological polar surface area (TPSA) is 56.1 Å². The van der Waals surface area contributed by atoms with Gasteiger partial charge in [0.15, 0.2) is 0 Å². The van der Waals surface area contributed by atoms with Gasteiger partial charge in [-0.25, -0.2) is 0 Å². The maximum atomic E-state index is 12.0. The molecule has 0 bridgehead atoms. The minimum atomic E-state index is -0.0212. The number of ether oxygens (including phenoxy) is 1. The predicted molar refractivity (Wildman–Crippen MR) is 82.0 cm³/mol. The second kappa shape index (κ2) is 7.59. The van der Waals surface area contributed by atoms with E-state index in [4.69, 9.17) is 4.74 Å². The van der Waals surface area contributed by atoms with Crippen LogP contribution < -0.4 is 5.32 Å². The van der Waals surface area contributed by atoms with Crippen LogP contribution in [0.2, 0.25) is 0 Å². The summed E-state index contributed by atoms with van der Waals surface area (Å²) in [6, 6.07) is 7.70. The van der Waals surface area contributed by atoms with Gasteiger partial charge in [-0.1, -0.05) is 18.2 Å². The minimum absolute atomic E-state index is 0.0212. The molecule has 112 valence electrons. The van der Waals surface area contributed by atoms with Crippen LogP contribution in [-0.4, -0.2) is 22.3 Å². The molecular weight excluding hydrogens is 266 g/mol. The van der Waals surface area contributed by atoms with Crippen molar-refractivity contribution in [2.75, 3.05) is 11.9 Å². The molecule has 0 aliphatic rings. The maximum Gasteiger partial charge on any atom is 0.226 e. The van der Waals surface area contributed by atoms with Crippen molar-refractivity contribution in [3.05, 3.63) is 47.8 Å². The van der Waals surface area contributed by atoms with Gasteiger partial charge in [-0.15, -0.1) is 0 Å². The van der Waals surface area contributed by atoms with Crippen molar-refractivity contribution in [3.8, 4) is 0 Å². The Kier molecular flexibility index (Phi) is 5.51. The number of hydrogen-bond acceptors (Lipinski definition) is 3. The van der Waals surface area contributed by atoms with E-state index in [0.717, 1.165) is 16.8 Å². The first-order valence-electron chi connectivity index (χ1n) is 7.13. The van der Waals surface area contributed by atoms with Gasteiger partial charge in [0, 0.05) is 37.0 Å². The quantitative estimate of drug-likeness (QED) is 0.852. The van der Waals surface area contributed by atoms with Crippen LogP contribution in [0.25, 0.3) is 0 Å². The summed E-state index contributed by atoms with van der Waals surface area (Å²) >= 11 is 0. The van der Waals surface area contributed by atoms with Crippen molar-refractivity contribution in [3.63, 3.8) is 0 Å². The fourth-order valence-corrected chi connectivity index (χ4v) is 2.00. The van der Waals surface area contributed by atoms with Gasteiger partial charge in [0.2, 0.25) is 5.91 Å². The Balaban J connectivity index is 1.90. The van der Waals surface area contributed by atoms with Gasteiger partial charge in [0.25, 0.3) is 0 Å². The molecular formula is C16H21N3O2. The minimum Gasteiger partial charge on any atom is -0.377 e. The van der Waals surface area contributed by atoms with Crippen molar-refractivity contribution in [2.24, 2.45) is 0 Å². The fraction of sp³-hybridized carbons (Fsp3) is 0.375. The van der Waals surface area contributed by atoms with Gasteiger partial charge < -0.3 is 10.1 Å². The summed E-state index contributed by atoms with van der Waals surface area (Å²) < 4.78 is 7.19. The third-order valence-electron chi connectivity index (χ3n) is 3.08. The molecule has 0 unspecified atom stereocenters. The number of carbonyl (C=O) groups excluding carboxylic acids is 1. The number of anilines is 1. The van der Waals surface area contributed by atoms with Crippen LogP contribution in [0.15, 0.2) is 36.7 Å². The molecule has 1 N–H and O–H groups in total. The first-order chi connectivity index (χ1) is 10.2. The van der Waals surface area contributed by atoms with E-state index in [9.17, 15) is 4.79 Å². The Morgan fingerprint density at radius 3 is 2.90 bits per heavy atom. The summed E-state index contributed by atoms with van der Waals surface area (Å²) in [5.74, 6) is -0.0212. The molecule has 0 fully saturated rings. The highest BCUT2D eigenvalue weighted by atomic mass is 16.5. The van der Waals surface area contributed by atoms with Crippen molar-refractivity contribution in [2.45, 2.75) is 33.4 Å². The van der Waals surface area contributed by atoms with Crippen LogP contribution in [0.4, 0.5) is 5.69 Å². The highest BCUT2D eigenvalue weighted by Crippen LogP contribution is 2.16. The predicted octanol–water partition coefficient (Wildman–Crippen LogP) is 2.76. The zero-order valence-corrected chi connectivity index (χ0v) is 12.5. The third-order valence-corrected chi connectivity index (χ3v) is 3.08. The molecule has 0 aliphatic carbocycles. The number of hydrogen-bond donors (Lipinski definition) is 1. The normalized spacial score (nSPS) is 10.6. The lowest BCUT2D eigenvalue weighted by atomic mass is 10.2. The lowest BCUT2D eigenvalue weighted by Crippen LogP contribution is -2.16. The third kappa shape index (κ3) is 4.72. The van der Waals surface area contributed by atoms with E-state index in [0.29, 0.717) is 26.2 Å². The number of rotatable bonds is 7. The first kappa shape index (κ1) is 15.3. The van der Waals surface area contributed by atoms with Crippen LogP contribution in [0.1, 0.15) is 24.5 Å². The average Bonchev–Trinajstić information content (AvgIpc) is 2.90. The molecule has 2 rings (SSSR count). The highest BCUT2D eigenvalue weighted by molar-refractivity contribution is 5.91. The summed E-state index contributed by atoms with van der Waals surface area (Å²) in [4.78, 5) is 12.0. The van der Waals surface area contributed by atoms with Gasteiger partial charge in [-0.2, -0.15) is 5.10 Å². The lowest BCUT2D eigenvalue weighted by Gasteiger charge is -2.11. The standard InChI is InChI=1S/C16H21N3O2/c1-3-21-12-14-6-4-5-7-15(14)18-16(20)8-9-19-11-13(2)10-17-19/h4-7,10-11H,3,8-9,12H2,1-2H3,(H,18,20). The van der Waals surface area contributed by atoms with E-state index in [1.165, 1.54) is 0 Å². The number of nitrogens with zero attached hydrogens (tertiary/aromatic N) is 2. The van der Waals surface area contributed by atoms with E-state index in [-0.39, 0.29) is 5.91 Å². The number of carbonyl (C=O) groups is 1. The molecule has 0 atom stereocenters. The summed E-state index contributed by atoms with van der Waals surface area (Å²) in [5.41, 5.74) is 2.90. The molecule has 0 saturated heterocycles. The molecule has 5 nitrogen and oxygen atoms in total. The van der Waals surface area contributed by atoms with Crippen molar-refractivity contribution in [1.29, 1.82) is 0 Å². The number of benzene rings is 1. The molecule has 0 radical (unpaired) electrons. The smallest absolute Gasteiger partial charge is 0.226 e. The molecule has 1 aromatic carbocycles. The van der Waals surface area contributed by atoms with E-state index in [1.807, 2.05) is 44.3 Å². The summed E-state index contributed by atoms with van der Waals surface area (Å²) in [6.07, 6.45) is 4.11. The number of aryl methyl sites for hydroxylation is 2. The SMILES string of the molecule is CCOCc1ccccc1NC(=O)CCn1cc(C)cn1. The Morgan fingerprint density at radius 2 is 2.19 bits per heavy atom. The second-order valence-corrected chi connectivity index (χ2v) is 4.87. The highest BCUT2D eigenvalue weighted by Gasteiger charge is 2.07. The second-order valence-electron chi connectivity index (χ2n) is 4.87. The van der Waals surface area contributed by atoms with Gasteiger partial charge in [0.1, 0.15) is 0 Å². The Morgan fingerprint density at radius 1 is 1.38 bits per heavy atom. The van der Waals surface area contributed by atoms with Crippen LogP contribution in [0.3, 0.4) is 0 Å². The zero-order valence-electron chi connectivity index (χ0n) is 12.5. The molecule has 0 saturated carbocycles. The van der Waals surface area contributed by atoms with Crippen molar-refractivity contribution in [1.82, 2.24) is 9.78 Å². The Bertz CT molecular complexity index is 593. The van der Waals surface area contributed by atoms with E-state index in [2.05, 4.69) is 10.4 Å². The Labute approximate surface area is 124 Å². The number of amides is 1.